The topological polar surface area (TPSA) is 61.4 Å². The number of piperidine rings is 1. The average molecular weight is 345 g/mol. The second kappa shape index (κ2) is 9.44. The van der Waals surface area contributed by atoms with Crippen molar-refractivity contribution < 1.29 is 9.59 Å². The highest BCUT2D eigenvalue weighted by molar-refractivity contribution is 6.02. The molecule has 1 fully saturated rings. The zero-order chi connectivity index (χ0) is 18.2. The van der Waals surface area contributed by atoms with Crippen molar-refractivity contribution in [1.82, 2.24) is 5.32 Å². The first-order valence-electron chi connectivity index (χ1n) is 9.48. The standard InChI is InChI=1S/C20H31N3O2/c1-4-10-21-20(25)17-14-16(22-19(24)13-15(2)3)8-9-18(17)23-11-6-5-7-12-23/h8-9,14-15H,4-7,10-13H2,1-3H3,(H,21,25)(H,22,24). The third-order valence-electron chi connectivity index (χ3n) is 4.35. The van der Waals surface area contributed by atoms with Crippen molar-refractivity contribution in [3.05, 3.63) is 23.8 Å². The Bertz CT molecular complexity index is 593. The summed E-state index contributed by atoms with van der Waals surface area (Å²) < 4.78 is 0. The molecule has 0 aliphatic carbocycles. The van der Waals surface area contributed by atoms with Crippen LogP contribution in [0.25, 0.3) is 0 Å². The Hall–Kier alpha value is -2.04. The van der Waals surface area contributed by atoms with Crippen molar-refractivity contribution in [2.45, 2.75) is 52.9 Å². The van der Waals surface area contributed by atoms with Gasteiger partial charge >= 0.3 is 0 Å². The van der Waals surface area contributed by atoms with Crippen LogP contribution in [0.5, 0.6) is 0 Å². The van der Waals surface area contributed by atoms with Gasteiger partial charge in [0.1, 0.15) is 0 Å². The highest BCUT2D eigenvalue weighted by Gasteiger charge is 2.19. The molecule has 25 heavy (non-hydrogen) atoms. The van der Waals surface area contributed by atoms with Crippen LogP contribution in [-0.2, 0) is 4.79 Å². The van der Waals surface area contributed by atoms with Gasteiger partial charge in [-0.05, 0) is 49.8 Å². The number of nitrogens with zero attached hydrogens (tertiary/aromatic N) is 1. The van der Waals surface area contributed by atoms with Crippen molar-refractivity contribution in [3.8, 4) is 0 Å². The summed E-state index contributed by atoms with van der Waals surface area (Å²) in [5, 5.41) is 5.88. The summed E-state index contributed by atoms with van der Waals surface area (Å²) in [4.78, 5) is 27.0. The number of anilines is 2. The molecule has 0 saturated carbocycles. The molecule has 0 radical (unpaired) electrons. The van der Waals surface area contributed by atoms with E-state index >= 15 is 0 Å². The first kappa shape index (κ1) is 19.3. The predicted octanol–water partition coefficient (Wildman–Crippen LogP) is 3.80. The molecule has 0 aromatic heterocycles. The Kier molecular flexibility index (Phi) is 7.29. The quantitative estimate of drug-likeness (QED) is 0.790. The number of nitrogens with one attached hydrogen (secondary N) is 2. The molecule has 1 aliphatic rings. The molecule has 1 aliphatic heterocycles. The van der Waals surface area contributed by atoms with E-state index in [9.17, 15) is 9.59 Å². The van der Waals surface area contributed by atoms with Gasteiger partial charge in [-0.1, -0.05) is 20.8 Å². The number of amides is 2. The van der Waals surface area contributed by atoms with E-state index in [1.54, 1.807) is 0 Å². The van der Waals surface area contributed by atoms with Gasteiger partial charge in [0.05, 0.1) is 5.56 Å². The van der Waals surface area contributed by atoms with Crippen LogP contribution >= 0.6 is 0 Å². The largest absolute Gasteiger partial charge is 0.371 e. The molecular weight excluding hydrogens is 314 g/mol. The fraction of sp³-hybridized carbons (Fsp3) is 0.600. The SMILES string of the molecule is CCCNC(=O)c1cc(NC(=O)CC(C)C)ccc1N1CCCCC1. The molecule has 1 aromatic carbocycles. The van der Waals surface area contributed by atoms with Gasteiger partial charge in [-0.2, -0.15) is 0 Å². The summed E-state index contributed by atoms with van der Waals surface area (Å²) in [7, 11) is 0. The minimum absolute atomic E-state index is 0.0133. The third kappa shape index (κ3) is 5.76. The number of benzene rings is 1. The van der Waals surface area contributed by atoms with Crippen LogP contribution in [0.1, 0.15) is 63.2 Å². The van der Waals surface area contributed by atoms with Crippen LogP contribution in [0.2, 0.25) is 0 Å². The summed E-state index contributed by atoms with van der Waals surface area (Å²) >= 11 is 0. The van der Waals surface area contributed by atoms with Gasteiger partial charge in [0.25, 0.3) is 5.91 Å². The molecule has 5 nitrogen and oxygen atoms in total. The maximum absolute atomic E-state index is 12.6. The van der Waals surface area contributed by atoms with Gasteiger partial charge in [-0.3, -0.25) is 9.59 Å². The van der Waals surface area contributed by atoms with Gasteiger partial charge in [0.2, 0.25) is 5.91 Å². The van der Waals surface area contributed by atoms with E-state index in [2.05, 4.69) is 15.5 Å². The maximum Gasteiger partial charge on any atom is 0.253 e. The molecule has 1 heterocycles. The fourth-order valence-electron chi connectivity index (χ4n) is 3.12. The minimum atomic E-state index is -0.0672. The van der Waals surface area contributed by atoms with Crippen LogP contribution < -0.4 is 15.5 Å². The Labute approximate surface area is 151 Å². The van der Waals surface area contributed by atoms with Crippen molar-refractivity contribution in [2.24, 2.45) is 5.92 Å². The highest BCUT2D eigenvalue weighted by Crippen LogP contribution is 2.27. The van der Waals surface area contributed by atoms with Crippen molar-refractivity contribution >= 4 is 23.2 Å². The number of rotatable bonds is 7. The summed E-state index contributed by atoms with van der Waals surface area (Å²) in [6, 6.07) is 5.68. The Morgan fingerprint density at radius 3 is 2.52 bits per heavy atom. The first-order valence-corrected chi connectivity index (χ1v) is 9.48. The molecule has 5 heteroatoms. The molecule has 2 amide bonds. The van der Waals surface area contributed by atoms with Gasteiger partial charge < -0.3 is 15.5 Å². The molecular formula is C20H31N3O2. The zero-order valence-electron chi connectivity index (χ0n) is 15.7. The van der Waals surface area contributed by atoms with Crippen molar-refractivity contribution in [3.63, 3.8) is 0 Å². The van der Waals surface area contributed by atoms with Gasteiger partial charge in [0, 0.05) is 37.4 Å². The van der Waals surface area contributed by atoms with Gasteiger partial charge in [0.15, 0.2) is 0 Å². The van der Waals surface area contributed by atoms with Crippen LogP contribution in [0.4, 0.5) is 11.4 Å². The fourth-order valence-corrected chi connectivity index (χ4v) is 3.12. The van der Waals surface area contributed by atoms with Crippen LogP contribution in [0, 0.1) is 5.92 Å². The molecule has 0 spiro atoms. The molecule has 1 aromatic rings. The number of carbonyl (C=O) groups excluding carboxylic acids is 2. The lowest BCUT2D eigenvalue weighted by Gasteiger charge is -2.30. The molecule has 0 unspecified atom stereocenters. The lowest BCUT2D eigenvalue weighted by atomic mass is 10.1. The minimum Gasteiger partial charge on any atom is -0.371 e. The summed E-state index contributed by atoms with van der Waals surface area (Å²) in [6.07, 6.45) is 4.93. The van der Waals surface area contributed by atoms with Gasteiger partial charge in [-0.15, -0.1) is 0 Å². The van der Waals surface area contributed by atoms with Crippen LogP contribution in [0.3, 0.4) is 0 Å². The lowest BCUT2D eigenvalue weighted by molar-refractivity contribution is -0.116. The second-order valence-electron chi connectivity index (χ2n) is 7.18. The summed E-state index contributed by atoms with van der Waals surface area (Å²) in [5.74, 6) is 0.225. The van der Waals surface area contributed by atoms with E-state index in [-0.39, 0.29) is 11.8 Å². The average Bonchev–Trinajstić information content (AvgIpc) is 2.59. The maximum atomic E-state index is 12.6. The summed E-state index contributed by atoms with van der Waals surface area (Å²) in [6.45, 7) is 8.68. The predicted molar refractivity (Wildman–Crippen MR) is 103 cm³/mol. The first-order chi connectivity index (χ1) is 12.0. The number of carbonyl (C=O) groups is 2. The highest BCUT2D eigenvalue weighted by atomic mass is 16.2. The third-order valence-corrected chi connectivity index (χ3v) is 4.35. The van der Waals surface area contributed by atoms with Crippen molar-refractivity contribution in [2.75, 3.05) is 29.9 Å². The van der Waals surface area contributed by atoms with E-state index in [1.807, 2.05) is 39.0 Å². The molecule has 138 valence electrons. The van der Waals surface area contributed by atoms with Gasteiger partial charge in [-0.25, -0.2) is 0 Å². The normalized spacial score (nSPS) is 14.5. The Morgan fingerprint density at radius 1 is 1.16 bits per heavy atom. The molecule has 0 atom stereocenters. The van der Waals surface area contributed by atoms with Crippen molar-refractivity contribution in [1.29, 1.82) is 0 Å². The monoisotopic (exact) mass is 345 g/mol. The summed E-state index contributed by atoms with van der Waals surface area (Å²) in [5.41, 5.74) is 2.31. The molecule has 1 saturated heterocycles. The van der Waals surface area contributed by atoms with Crippen LogP contribution in [-0.4, -0.2) is 31.4 Å². The molecule has 2 rings (SSSR count). The molecule has 0 bridgehead atoms. The van der Waals surface area contributed by atoms with E-state index in [4.69, 9.17) is 0 Å². The number of hydrogen-bond acceptors (Lipinski definition) is 3. The van der Waals surface area contributed by atoms with E-state index < -0.39 is 0 Å². The van der Waals surface area contributed by atoms with E-state index in [0.29, 0.717) is 30.1 Å². The Morgan fingerprint density at radius 2 is 1.88 bits per heavy atom. The lowest BCUT2D eigenvalue weighted by Crippen LogP contribution is -2.33. The zero-order valence-corrected chi connectivity index (χ0v) is 15.7. The van der Waals surface area contributed by atoms with E-state index in [1.165, 1.54) is 6.42 Å². The molecule has 2 N–H and O–H groups in total. The second-order valence-corrected chi connectivity index (χ2v) is 7.18. The Balaban J connectivity index is 2.23. The van der Waals surface area contributed by atoms with Crippen LogP contribution in [0.15, 0.2) is 18.2 Å². The van der Waals surface area contributed by atoms with E-state index in [0.717, 1.165) is 38.0 Å². The number of hydrogen-bond donors (Lipinski definition) is 2. The smallest absolute Gasteiger partial charge is 0.253 e.